The van der Waals surface area contributed by atoms with Crippen molar-refractivity contribution < 1.29 is 19.0 Å². The second-order valence-corrected chi connectivity index (χ2v) is 9.05. The summed E-state index contributed by atoms with van der Waals surface area (Å²) in [7, 11) is 0. The molecule has 0 radical (unpaired) electrons. The number of amides is 1. The van der Waals surface area contributed by atoms with Gasteiger partial charge in [-0.1, -0.05) is 0 Å². The first-order valence-electron chi connectivity index (χ1n) is 11.0. The van der Waals surface area contributed by atoms with Gasteiger partial charge < -0.3 is 20.1 Å². The van der Waals surface area contributed by atoms with Gasteiger partial charge in [-0.25, -0.2) is 4.39 Å². The monoisotopic (exact) mass is 452 g/mol. The molecular weight excluding hydrogens is 423 g/mol. The SMILES string of the molecule is CC(C)(C)n1ncc(C(=O)Nc2ccc(N3CCOCC3)c(CO)c2)c1-c1ccc(F)cc1. The van der Waals surface area contributed by atoms with Gasteiger partial charge in [0.05, 0.1) is 42.8 Å². The van der Waals surface area contributed by atoms with E-state index in [1.54, 1.807) is 22.9 Å². The number of nitrogens with one attached hydrogen (secondary N) is 1. The van der Waals surface area contributed by atoms with Crippen molar-refractivity contribution in [2.24, 2.45) is 0 Å². The molecule has 1 aromatic heterocycles. The van der Waals surface area contributed by atoms with E-state index in [-0.39, 0.29) is 23.9 Å². The molecule has 2 heterocycles. The summed E-state index contributed by atoms with van der Waals surface area (Å²) in [5, 5.41) is 17.3. The number of rotatable bonds is 5. The second-order valence-electron chi connectivity index (χ2n) is 9.05. The Morgan fingerprint density at radius 3 is 2.48 bits per heavy atom. The molecule has 7 nitrogen and oxygen atoms in total. The molecule has 33 heavy (non-hydrogen) atoms. The van der Waals surface area contributed by atoms with Crippen LogP contribution >= 0.6 is 0 Å². The first kappa shape index (κ1) is 22.9. The maximum Gasteiger partial charge on any atom is 0.259 e. The molecule has 4 rings (SSSR count). The number of aliphatic hydroxyl groups excluding tert-OH is 1. The van der Waals surface area contributed by atoms with Crippen molar-refractivity contribution in [3.63, 3.8) is 0 Å². The lowest BCUT2D eigenvalue weighted by Crippen LogP contribution is -2.36. The molecular formula is C25H29FN4O3. The van der Waals surface area contributed by atoms with E-state index in [0.717, 1.165) is 24.3 Å². The Bertz CT molecular complexity index is 1130. The molecule has 174 valence electrons. The first-order valence-corrected chi connectivity index (χ1v) is 11.0. The fraction of sp³-hybridized carbons (Fsp3) is 0.360. The third-order valence-corrected chi connectivity index (χ3v) is 5.63. The van der Waals surface area contributed by atoms with E-state index < -0.39 is 0 Å². The average Bonchev–Trinajstić information content (AvgIpc) is 3.26. The van der Waals surface area contributed by atoms with Crippen LogP contribution in [0.15, 0.2) is 48.7 Å². The van der Waals surface area contributed by atoms with Gasteiger partial charge in [0.1, 0.15) is 5.82 Å². The van der Waals surface area contributed by atoms with Crippen LogP contribution in [0.1, 0.15) is 36.7 Å². The molecule has 1 aliphatic rings. The van der Waals surface area contributed by atoms with Crippen LogP contribution in [-0.2, 0) is 16.9 Å². The van der Waals surface area contributed by atoms with Crippen molar-refractivity contribution in [1.29, 1.82) is 0 Å². The van der Waals surface area contributed by atoms with Gasteiger partial charge >= 0.3 is 0 Å². The zero-order valence-electron chi connectivity index (χ0n) is 19.1. The van der Waals surface area contributed by atoms with E-state index in [2.05, 4.69) is 15.3 Å². The van der Waals surface area contributed by atoms with Gasteiger partial charge in [-0.05, 0) is 63.2 Å². The van der Waals surface area contributed by atoms with Crippen molar-refractivity contribution in [2.45, 2.75) is 32.9 Å². The summed E-state index contributed by atoms with van der Waals surface area (Å²) >= 11 is 0. The van der Waals surface area contributed by atoms with Crippen LogP contribution in [0.4, 0.5) is 15.8 Å². The number of carbonyl (C=O) groups excluding carboxylic acids is 1. The van der Waals surface area contributed by atoms with Crippen LogP contribution in [0.5, 0.6) is 0 Å². The van der Waals surface area contributed by atoms with E-state index in [0.29, 0.717) is 35.7 Å². The maximum absolute atomic E-state index is 13.5. The van der Waals surface area contributed by atoms with Crippen molar-refractivity contribution in [3.8, 4) is 11.3 Å². The summed E-state index contributed by atoms with van der Waals surface area (Å²) in [6, 6.07) is 11.6. The topological polar surface area (TPSA) is 79.6 Å². The smallest absolute Gasteiger partial charge is 0.259 e. The predicted molar refractivity (Wildman–Crippen MR) is 126 cm³/mol. The Kier molecular flexibility index (Phi) is 6.49. The Balaban J connectivity index is 1.65. The van der Waals surface area contributed by atoms with Crippen LogP contribution in [-0.4, -0.2) is 47.1 Å². The second kappa shape index (κ2) is 9.33. The quantitative estimate of drug-likeness (QED) is 0.611. The highest BCUT2D eigenvalue weighted by molar-refractivity contribution is 6.08. The van der Waals surface area contributed by atoms with Gasteiger partial charge in [-0.2, -0.15) is 5.10 Å². The molecule has 2 N–H and O–H groups in total. The molecule has 0 unspecified atom stereocenters. The molecule has 0 aliphatic carbocycles. The number of halogens is 1. The highest BCUT2D eigenvalue weighted by atomic mass is 19.1. The third-order valence-electron chi connectivity index (χ3n) is 5.63. The number of benzene rings is 2. The molecule has 0 saturated carbocycles. The minimum absolute atomic E-state index is 0.140. The molecule has 2 aromatic carbocycles. The fourth-order valence-electron chi connectivity index (χ4n) is 4.01. The number of hydrogen-bond acceptors (Lipinski definition) is 5. The van der Waals surface area contributed by atoms with Crippen LogP contribution in [0.3, 0.4) is 0 Å². The lowest BCUT2D eigenvalue weighted by atomic mass is 10.0. The summed E-state index contributed by atoms with van der Waals surface area (Å²) in [6.45, 7) is 8.64. The number of aliphatic hydroxyl groups is 1. The summed E-state index contributed by atoms with van der Waals surface area (Å²) < 4.78 is 20.7. The molecule has 1 saturated heterocycles. The number of carbonyl (C=O) groups is 1. The van der Waals surface area contributed by atoms with Gasteiger partial charge in [0.15, 0.2) is 0 Å². The van der Waals surface area contributed by atoms with Crippen molar-refractivity contribution in [1.82, 2.24) is 9.78 Å². The molecule has 8 heteroatoms. The minimum Gasteiger partial charge on any atom is -0.392 e. The normalized spacial score (nSPS) is 14.4. The predicted octanol–water partition coefficient (Wildman–Crippen LogP) is 4.03. The minimum atomic E-state index is -0.383. The van der Waals surface area contributed by atoms with Gasteiger partial charge in [0.25, 0.3) is 5.91 Å². The van der Waals surface area contributed by atoms with Crippen LogP contribution in [0.2, 0.25) is 0 Å². The van der Waals surface area contributed by atoms with E-state index in [1.807, 2.05) is 32.9 Å². The highest BCUT2D eigenvalue weighted by Crippen LogP contribution is 2.31. The summed E-state index contributed by atoms with van der Waals surface area (Å²) in [5.74, 6) is -0.670. The van der Waals surface area contributed by atoms with E-state index >= 15 is 0 Å². The standard InChI is InChI=1S/C25H29FN4O3/c1-25(2,3)30-23(17-4-6-19(26)7-5-17)21(15-27-30)24(32)28-20-8-9-22(18(14-20)16-31)29-10-12-33-13-11-29/h4-9,14-15,31H,10-13,16H2,1-3H3,(H,28,32). The van der Waals surface area contributed by atoms with E-state index in [1.165, 1.54) is 18.3 Å². The highest BCUT2D eigenvalue weighted by Gasteiger charge is 2.26. The number of morpholine rings is 1. The Morgan fingerprint density at radius 2 is 1.85 bits per heavy atom. The van der Waals surface area contributed by atoms with Crippen molar-refractivity contribution in [2.75, 3.05) is 36.5 Å². The molecule has 0 spiro atoms. The van der Waals surface area contributed by atoms with Gasteiger partial charge in [0, 0.05) is 35.6 Å². The van der Waals surface area contributed by atoms with Gasteiger partial charge in [-0.15, -0.1) is 0 Å². The summed E-state index contributed by atoms with van der Waals surface area (Å²) in [4.78, 5) is 15.4. The van der Waals surface area contributed by atoms with Gasteiger partial charge in [-0.3, -0.25) is 9.48 Å². The fourth-order valence-corrected chi connectivity index (χ4v) is 4.01. The zero-order chi connectivity index (χ0) is 23.6. The van der Waals surface area contributed by atoms with Crippen LogP contribution < -0.4 is 10.2 Å². The molecule has 1 amide bonds. The maximum atomic E-state index is 13.5. The Hall–Kier alpha value is -3.23. The van der Waals surface area contributed by atoms with Crippen LogP contribution in [0, 0.1) is 5.82 Å². The summed E-state index contributed by atoms with van der Waals surface area (Å²) in [5.41, 5.74) is 3.57. The Labute approximate surface area is 192 Å². The average molecular weight is 453 g/mol. The lowest BCUT2D eigenvalue weighted by molar-refractivity contribution is 0.102. The third kappa shape index (κ3) is 4.91. The van der Waals surface area contributed by atoms with Crippen molar-refractivity contribution >= 4 is 17.3 Å². The number of hydrogen-bond donors (Lipinski definition) is 2. The molecule has 0 bridgehead atoms. The molecule has 1 fully saturated rings. The van der Waals surface area contributed by atoms with E-state index in [9.17, 15) is 14.3 Å². The Morgan fingerprint density at radius 1 is 1.15 bits per heavy atom. The van der Waals surface area contributed by atoms with Crippen LogP contribution in [0.25, 0.3) is 11.3 Å². The number of ether oxygens (including phenoxy) is 1. The number of anilines is 2. The van der Waals surface area contributed by atoms with Crippen molar-refractivity contribution in [3.05, 3.63) is 65.6 Å². The summed E-state index contributed by atoms with van der Waals surface area (Å²) in [6.07, 6.45) is 1.54. The molecule has 0 atom stereocenters. The van der Waals surface area contributed by atoms with E-state index in [4.69, 9.17) is 4.74 Å². The molecule has 1 aliphatic heterocycles. The molecule has 3 aromatic rings. The number of aromatic nitrogens is 2. The number of nitrogens with zero attached hydrogens (tertiary/aromatic N) is 3. The first-order chi connectivity index (χ1) is 15.8. The lowest BCUT2D eigenvalue weighted by Gasteiger charge is -2.30. The largest absolute Gasteiger partial charge is 0.392 e. The zero-order valence-corrected chi connectivity index (χ0v) is 19.1. The van der Waals surface area contributed by atoms with Gasteiger partial charge in [0.2, 0.25) is 0 Å².